The molecule has 1 N–H and O–H groups in total. The minimum absolute atomic E-state index is 0.0135. The summed E-state index contributed by atoms with van der Waals surface area (Å²) in [6.45, 7) is 0. The van der Waals surface area contributed by atoms with Crippen LogP contribution in [-0.2, 0) is 13.5 Å². The fraction of sp³-hybridized carbons (Fsp3) is 0.524. The number of halogens is 2. The highest BCUT2D eigenvalue weighted by Gasteiger charge is 2.42. The van der Waals surface area contributed by atoms with Crippen LogP contribution in [0.4, 0.5) is 8.78 Å². The second kappa shape index (κ2) is 7.15. The van der Waals surface area contributed by atoms with Crippen LogP contribution in [0.1, 0.15) is 59.5 Å². The fourth-order valence-electron chi connectivity index (χ4n) is 4.05. The highest BCUT2D eigenvalue weighted by molar-refractivity contribution is 5.97. The van der Waals surface area contributed by atoms with E-state index in [9.17, 15) is 13.6 Å². The lowest BCUT2D eigenvalue weighted by molar-refractivity contribution is -0.0405. The van der Waals surface area contributed by atoms with Gasteiger partial charge >= 0.3 is 0 Å². The highest BCUT2D eigenvalue weighted by Crippen LogP contribution is 2.43. The molecule has 0 bridgehead atoms. The Morgan fingerprint density at radius 2 is 2.11 bits per heavy atom. The molecule has 2 aliphatic rings. The average Bonchev–Trinajstić information content (AvgIpc) is 3.29. The van der Waals surface area contributed by atoms with E-state index in [4.69, 9.17) is 0 Å². The first-order valence-corrected chi connectivity index (χ1v) is 9.64. The number of Topliss-reactive ketones (excluding diaryl/α,β-unsaturated/α-hetero) is 1. The minimum atomic E-state index is -2.48. The van der Waals surface area contributed by atoms with Crippen molar-refractivity contribution in [1.82, 2.24) is 15.1 Å². The van der Waals surface area contributed by atoms with Crippen molar-refractivity contribution in [2.75, 3.05) is 0 Å². The molecule has 0 radical (unpaired) electrons. The van der Waals surface area contributed by atoms with Gasteiger partial charge in [0, 0.05) is 56.1 Å². The van der Waals surface area contributed by atoms with Crippen molar-refractivity contribution in [3.63, 3.8) is 0 Å². The van der Waals surface area contributed by atoms with Crippen molar-refractivity contribution < 1.29 is 13.6 Å². The van der Waals surface area contributed by atoms with Gasteiger partial charge in [-0.1, -0.05) is 18.2 Å². The molecule has 0 spiro atoms. The van der Waals surface area contributed by atoms with E-state index in [1.54, 1.807) is 10.9 Å². The number of aromatic nitrogens is 2. The average molecular weight is 373 g/mol. The van der Waals surface area contributed by atoms with E-state index in [1.165, 1.54) is 0 Å². The normalized spacial score (nSPS) is 24.7. The van der Waals surface area contributed by atoms with Crippen molar-refractivity contribution in [1.29, 1.82) is 0 Å². The predicted molar refractivity (Wildman–Crippen MR) is 99.2 cm³/mol. The summed E-state index contributed by atoms with van der Waals surface area (Å²) in [5.41, 5.74) is 2.79. The minimum Gasteiger partial charge on any atom is -0.311 e. The van der Waals surface area contributed by atoms with Gasteiger partial charge in [0.25, 0.3) is 0 Å². The Bertz CT molecular complexity index is 822. The van der Waals surface area contributed by atoms with Crippen LogP contribution in [0.15, 0.2) is 36.7 Å². The number of aryl methyl sites for hydroxylation is 1. The molecule has 2 atom stereocenters. The van der Waals surface area contributed by atoms with Crippen LogP contribution in [0.25, 0.3) is 0 Å². The summed E-state index contributed by atoms with van der Waals surface area (Å²) in [5.74, 6) is -2.02. The summed E-state index contributed by atoms with van der Waals surface area (Å²) in [6.07, 6.45) is 5.99. The molecular weight excluding hydrogens is 348 g/mol. The maximum Gasteiger partial charge on any atom is 0.248 e. The number of carbonyl (C=O) groups is 1. The fourth-order valence-corrected chi connectivity index (χ4v) is 4.05. The maximum atomic E-state index is 13.3. The smallest absolute Gasteiger partial charge is 0.248 e. The van der Waals surface area contributed by atoms with Gasteiger partial charge in [-0.25, -0.2) is 8.78 Å². The standard InChI is InChI=1S/C21H25F2N3O/c1-26-13-14(12-24-26)9-20(27)16-4-2-3-15(10-16)18-11-19(18)25-17-5-7-21(22,23)8-6-17/h2-4,10,12-13,17-19,25H,5-9,11H2,1H3. The molecular formula is C21H25F2N3O. The third-order valence-electron chi connectivity index (χ3n) is 5.72. The predicted octanol–water partition coefficient (Wildman–Crippen LogP) is 3.87. The van der Waals surface area contributed by atoms with Crippen molar-refractivity contribution in [2.45, 2.75) is 62.4 Å². The molecule has 27 heavy (non-hydrogen) atoms. The third kappa shape index (κ3) is 4.43. The molecule has 1 heterocycles. The molecule has 2 fully saturated rings. The second-order valence-electron chi connectivity index (χ2n) is 7.99. The Labute approximate surface area is 158 Å². The summed E-state index contributed by atoms with van der Waals surface area (Å²) < 4.78 is 28.3. The molecule has 0 saturated heterocycles. The molecule has 144 valence electrons. The SMILES string of the molecule is Cn1cc(CC(=O)c2cccc(C3CC3NC3CCC(F)(F)CC3)c2)cn1. The number of benzene rings is 1. The van der Waals surface area contributed by atoms with Crippen molar-refractivity contribution in [3.05, 3.63) is 53.3 Å². The molecule has 2 unspecified atom stereocenters. The number of rotatable bonds is 6. The van der Waals surface area contributed by atoms with E-state index in [-0.39, 0.29) is 24.7 Å². The lowest BCUT2D eigenvalue weighted by Gasteiger charge is -2.29. The number of nitrogens with zero attached hydrogens (tertiary/aromatic N) is 2. The summed E-state index contributed by atoms with van der Waals surface area (Å²) in [4.78, 5) is 12.6. The van der Waals surface area contributed by atoms with E-state index in [2.05, 4.69) is 16.5 Å². The molecule has 4 nitrogen and oxygen atoms in total. The lowest BCUT2D eigenvalue weighted by atomic mass is 9.92. The first-order chi connectivity index (χ1) is 12.9. The van der Waals surface area contributed by atoms with Crippen molar-refractivity contribution in [2.24, 2.45) is 7.05 Å². The summed E-state index contributed by atoms with van der Waals surface area (Å²) >= 11 is 0. The van der Waals surface area contributed by atoms with E-state index in [1.807, 2.05) is 31.4 Å². The van der Waals surface area contributed by atoms with E-state index in [0.29, 0.717) is 31.2 Å². The Morgan fingerprint density at radius 1 is 1.33 bits per heavy atom. The zero-order valence-electron chi connectivity index (χ0n) is 15.5. The van der Waals surface area contributed by atoms with E-state index < -0.39 is 5.92 Å². The maximum absolute atomic E-state index is 13.3. The summed E-state index contributed by atoms with van der Waals surface area (Å²) in [6, 6.07) is 8.36. The van der Waals surface area contributed by atoms with Crippen LogP contribution < -0.4 is 5.32 Å². The van der Waals surface area contributed by atoms with Gasteiger partial charge in [0.1, 0.15) is 0 Å². The van der Waals surface area contributed by atoms with E-state index in [0.717, 1.165) is 23.1 Å². The van der Waals surface area contributed by atoms with Gasteiger partial charge in [-0.05, 0) is 36.5 Å². The van der Waals surface area contributed by atoms with Gasteiger partial charge in [-0.15, -0.1) is 0 Å². The molecule has 2 aromatic rings. The molecule has 4 rings (SSSR count). The first-order valence-electron chi connectivity index (χ1n) is 9.64. The topological polar surface area (TPSA) is 46.9 Å². The van der Waals surface area contributed by atoms with E-state index >= 15 is 0 Å². The monoisotopic (exact) mass is 373 g/mol. The van der Waals surface area contributed by atoms with Gasteiger partial charge in [0.15, 0.2) is 5.78 Å². The first kappa shape index (κ1) is 18.3. The molecule has 0 aliphatic heterocycles. The Kier molecular flexibility index (Phi) is 4.84. The van der Waals surface area contributed by atoms with Crippen LogP contribution in [0.5, 0.6) is 0 Å². The summed E-state index contributed by atoms with van der Waals surface area (Å²) in [7, 11) is 1.84. The number of nitrogens with one attached hydrogen (secondary N) is 1. The number of alkyl halides is 2. The molecule has 1 aromatic carbocycles. The number of carbonyl (C=O) groups excluding carboxylic acids is 1. The molecule has 2 aliphatic carbocycles. The van der Waals surface area contributed by atoms with Crippen LogP contribution >= 0.6 is 0 Å². The quantitative estimate of drug-likeness (QED) is 0.782. The second-order valence-corrected chi connectivity index (χ2v) is 7.99. The zero-order chi connectivity index (χ0) is 19.0. The Hall–Kier alpha value is -2.08. The largest absolute Gasteiger partial charge is 0.311 e. The Balaban J connectivity index is 1.34. The number of ketones is 1. The van der Waals surface area contributed by atoms with Crippen LogP contribution in [0, 0.1) is 0 Å². The third-order valence-corrected chi connectivity index (χ3v) is 5.72. The van der Waals surface area contributed by atoms with Crippen LogP contribution in [0.3, 0.4) is 0 Å². The number of hydrogen-bond donors (Lipinski definition) is 1. The molecule has 2 saturated carbocycles. The van der Waals surface area contributed by atoms with Gasteiger partial charge < -0.3 is 5.32 Å². The van der Waals surface area contributed by atoms with Crippen molar-refractivity contribution >= 4 is 5.78 Å². The molecule has 0 amide bonds. The van der Waals surface area contributed by atoms with Crippen LogP contribution in [0.2, 0.25) is 0 Å². The van der Waals surface area contributed by atoms with Gasteiger partial charge in [0.2, 0.25) is 5.92 Å². The van der Waals surface area contributed by atoms with Gasteiger partial charge in [0.05, 0.1) is 6.20 Å². The van der Waals surface area contributed by atoms with Gasteiger partial charge in [-0.3, -0.25) is 9.48 Å². The Morgan fingerprint density at radius 3 is 2.81 bits per heavy atom. The lowest BCUT2D eigenvalue weighted by Crippen LogP contribution is -2.38. The van der Waals surface area contributed by atoms with Crippen LogP contribution in [-0.4, -0.2) is 33.6 Å². The van der Waals surface area contributed by atoms with Crippen molar-refractivity contribution in [3.8, 4) is 0 Å². The molecule has 1 aromatic heterocycles. The summed E-state index contributed by atoms with van der Waals surface area (Å²) in [5, 5.41) is 7.64. The van der Waals surface area contributed by atoms with Gasteiger partial charge in [-0.2, -0.15) is 5.10 Å². The number of hydrogen-bond acceptors (Lipinski definition) is 3. The zero-order valence-corrected chi connectivity index (χ0v) is 15.5. The molecule has 6 heteroatoms. The highest BCUT2D eigenvalue weighted by atomic mass is 19.3.